The third-order valence-electron chi connectivity index (χ3n) is 3.19. The summed E-state index contributed by atoms with van der Waals surface area (Å²) < 4.78 is 12.8. The monoisotopic (exact) mass is 302 g/mol. The largest absolute Gasteiger partial charge is 0.344 e. The van der Waals surface area contributed by atoms with Crippen molar-refractivity contribution >= 4 is 17.5 Å². The van der Waals surface area contributed by atoms with Gasteiger partial charge in [0, 0.05) is 31.7 Å². The minimum atomic E-state index is -0.346. The number of amides is 1. The number of halogens is 1. The van der Waals surface area contributed by atoms with Crippen molar-refractivity contribution in [1.82, 2.24) is 9.97 Å². The maximum absolute atomic E-state index is 12.8. The van der Waals surface area contributed by atoms with E-state index in [1.54, 1.807) is 0 Å². The smallest absolute Gasteiger partial charge is 0.258 e. The highest BCUT2D eigenvalue weighted by Gasteiger charge is 2.09. The molecule has 1 aromatic carbocycles. The Kier molecular flexibility index (Phi) is 5.41. The highest BCUT2D eigenvalue weighted by molar-refractivity contribution is 6.03. The summed E-state index contributed by atoms with van der Waals surface area (Å²) in [5.74, 6) is -0.0815. The van der Waals surface area contributed by atoms with Gasteiger partial charge in [-0.1, -0.05) is 13.3 Å². The lowest BCUT2D eigenvalue weighted by atomic mass is 10.2. The molecule has 1 heterocycles. The number of rotatable bonds is 6. The van der Waals surface area contributed by atoms with E-state index in [9.17, 15) is 9.18 Å². The van der Waals surface area contributed by atoms with Crippen LogP contribution in [-0.4, -0.2) is 29.5 Å². The van der Waals surface area contributed by atoms with Gasteiger partial charge in [-0.2, -0.15) is 0 Å². The first-order valence-corrected chi connectivity index (χ1v) is 7.20. The molecule has 6 heteroatoms. The quantitative estimate of drug-likeness (QED) is 0.891. The van der Waals surface area contributed by atoms with Crippen LogP contribution in [0.5, 0.6) is 0 Å². The third kappa shape index (κ3) is 4.25. The summed E-state index contributed by atoms with van der Waals surface area (Å²) in [7, 11) is 1.92. The summed E-state index contributed by atoms with van der Waals surface area (Å²) in [6, 6.07) is 5.58. The number of hydrogen-bond acceptors (Lipinski definition) is 4. The van der Waals surface area contributed by atoms with E-state index in [0.717, 1.165) is 19.4 Å². The van der Waals surface area contributed by atoms with Gasteiger partial charge >= 0.3 is 0 Å². The summed E-state index contributed by atoms with van der Waals surface area (Å²) in [5.41, 5.74) is 0.882. The fourth-order valence-corrected chi connectivity index (χ4v) is 1.87. The van der Waals surface area contributed by atoms with Crippen molar-refractivity contribution in [2.45, 2.75) is 19.8 Å². The number of aromatic nitrogens is 2. The van der Waals surface area contributed by atoms with Crippen LogP contribution in [0.3, 0.4) is 0 Å². The Morgan fingerprint density at radius 3 is 2.45 bits per heavy atom. The van der Waals surface area contributed by atoms with Crippen molar-refractivity contribution in [2.75, 3.05) is 23.8 Å². The Labute approximate surface area is 129 Å². The Hall–Kier alpha value is -2.50. The van der Waals surface area contributed by atoms with Gasteiger partial charge in [0.15, 0.2) is 0 Å². The molecule has 2 rings (SSSR count). The van der Waals surface area contributed by atoms with E-state index in [1.165, 1.54) is 36.7 Å². The first kappa shape index (κ1) is 15.9. The van der Waals surface area contributed by atoms with Crippen LogP contribution in [0.2, 0.25) is 0 Å². The summed E-state index contributed by atoms with van der Waals surface area (Å²) in [6.45, 7) is 3.00. The molecule has 116 valence electrons. The van der Waals surface area contributed by atoms with E-state index in [4.69, 9.17) is 0 Å². The summed E-state index contributed by atoms with van der Waals surface area (Å²) >= 11 is 0. The Morgan fingerprint density at radius 2 is 1.86 bits per heavy atom. The van der Waals surface area contributed by atoms with Crippen LogP contribution in [-0.2, 0) is 0 Å². The molecule has 0 aliphatic heterocycles. The molecule has 2 aromatic rings. The highest BCUT2D eigenvalue weighted by atomic mass is 19.1. The van der Waals surface area contributed by atoms with E-state index in [1.807, 2.05) is 11.9 Å². The number of unbranched alkanes of at least 4 members (excludes halogenated alkanes) is 1. The predicted octanol–water partition coefficient (Wildman–Crippen LogP) is 3.10. The van der Waals surface area contributed by atoms with E-state index in [-0.39, 0.29) is 11.7 Å². The van der Waals surface area contributed by atoms with Crippen LogP contribution in [0, 0.1) is 5.82 Å². The van der Waals surface area contributed by atoms with Crippen molar-refractivity contribution < 1.29 is 9.18 Å². The molecule has 0 radical (unpaired) electrons. The van der Waals surface area contributed by atoms with Gasteiger partial charge in [0.05, 0.1) is 5.56 Å². The molecular formula is C16H19FN4O. The zero-order chi connectivity index (χ0) is 15.9. The second kappa shape index (κ2) is 7.49. The summed E-state index contributed by atoms with van der Waals surface area (Å²) in [6.07, 6.45) is 5.14. The molecule has 1 aromatic heterocycles. The standard InChI is InChI=1S/C16H19FN4O/c1-3-4-9-21(2)16-18-10-12(11-19-16)15(22)20-14-7-5-13(17)6-8-14/h5-8,10-11H,3-4,9H2,1-2H3,(H,20,22). The maximum atomic E-state index is 12.8. The number of carbonyl (C=O) groups is 1. The van der Waals surface area contributed by atoms with Gasteiger partial charge in [-0.05, 0) is 30.7 Å². The van der Waals surface area contributed by atoms with Gasteiger partial charge in [0.1, 0.15) is 5.82 Å². The first-order chi connectivity index (χ1) is 10.6. The van der Waals surface area contributed by atoms with Crippen LogP contribution in [0.1, 0.15) is 30.1 Å². The second-order valence-electron chi connectivity index (χ2n) is 5.01. The molecule has 0 saturated carbocycles. The molecule has 0 saturated heterocycles. The van der Waals surface area contributed by atoms with Gasteiger partial charge in [-0.3, -0.25) is 4.79 Å². The fraction of sp³-hybridized carbons (Fsp3) is 0.312. The number of anilines is 2. The van der Waals surface area contributed by atoms with Crippen molar-refractivity contribution in [3.8, 4) is 0 Å². The zero-order valence-corrected chi connectivity index (χ0v) is 12.7. The molecule has 0 unspecified atom stereocenters. The highest BCUT2D eigenvalue weighted by Crippen LogP contribution is 2.11. The van der Waals surface area contributed by atoms with Crippen molar-refractivity contribution in [3.63, 3.8) is 0 Å². The molecular weight excluding hydrogens is 283 g/mol. The first-order valence-electron chi connectivity index (χ1n) is 7.20. The number of nitrogens with one attached hydrogen (secondary N) is 1. The SMILES string of the molecule is CCCCN(C)c1ncc(C(=O)Nc2ccc(F)cc2)cn1. The summed E-state index contributed by atoms with van der Waals surface area (Å²) in [4.78, 5) is 22.4. The van der Waals surface area contributed by atoms with Crippen LogP contribution < -0.4 is 10.2 Å². The van der Waals surface area contributed by atoms with Crippen molar-refractivity contribution in [3.05, 3.63) is 48.0 Å². The Morgan fingerprint density at radius 1 is 1.23 bits per heavy atom. The zero-order valence-electron chi connectivity index (χ0n) is 12.7. The average molecular weight is 302 g/mol. The van der Waals surface area contributed by atoms with Crippen LogP contribution in [0.4, 0.5) is 16.0 Å². The average Bonchev–Trinajstić information content (AvgIpc) is 2.55. The lowest BCUT2D eigenvalue weighted by Gasteiger charge is -2.16. The Bertz CT molecular complexity index is 613. The number of carbonyl (C=O) groups excluding carboxylic acids is 1. The van der Waals surface area contributed by atoms with E-state index in [0.29, 0.717) is 17.2 Å². The summed E-state index contributed by atoms with van der Waals surface area (Å²) in [5, 5.41) is 2.67. The molecule has 0 atom stereocenters. The molecule has 0 spiro atoms. The van der Waals surface area contributed by atoms with Crippen LogP contribution in [0.25, 0.3) is 0 Å². The molecule has 0 aliphatic carbocycles. The predicted molar refractivity (Wildman–Crippen MR) is 84.6 cm³/mol. The second-order valence-corrected chi connectivity index (χ2v) is 5.01. The van der Waals surface area contributed by atoms with E-state index < -0.39 is 0 Å². The molecule has 0 fully saturated rings. The molecule has 1 N–H and O–H groups in total. The minimum absolute atomic E-state index is 0.325. The number of hydrogen-bond donors (Lipinski definition) is 1. The van der Waals surface area contributed by atoms with Gasteiger partial charge in [0.25, 0.3) is 5.91 Å². The van der Waals surface area contributed by atoms with Gasteiger partial charge < -0.3 is 10.2 Å². The molecule has 0 aliphatic rings. The van der Waals surface area contributed by atoms with Crippen LogP contribution >= 0.6 is 0 Å². The maximum Gasteiger partial charge on any atom is 0.258 e. The van der Waals surface area contributed by atoms with Crippen molar-refractivity contribution in [2.24, 2.45) is 0 Å². The molecule has 5 nitrogen and oxygen atoms in total. The fourth-order valence-electron chi connectivity index (χ4n) is 1.87. The van der Waals surface area contributed by atoms with E-state index in [2.05, 4.69) is 22.2 Å². The normalized spacial score (nSPS) is 10.3. The molecule has 0 bridgehead atoms. The molecule has 22 heavy (non-hydrogen) atoms. The van der Waals surface area contributed by atoms with Gasteiger partial charge in [-0.25, -0.2) is 14.4 Å². The minimum Gasteiger partial charge on any atom is -0.344 e. The Balaban J connectivity index is 2.00. The van der Waals surface area contributed by atoms with Gasteiger partial charge in [0.2, 0.25) is 5.95 Å². The lowest BCUT2D eigenvalue weighted by molar-refractivity contribution is 0.102. The van der Waals surface area contributed by atoms with Crippen LogP contribution in [0.15, 0.2) is 36.7 Å². The van der Waals surface area contributed by atoms with Crippen molar-refractivity contribution in [1.29, 1.82) is 0 Å². The topological polar surface area (TPSA) is 58.1 Å². The number of benzene rings is 1. The molecule has 1 amide bonds. The van der Waals surface area contributed by atoms with E-state index >= 15 is 0 Å². The number of nitrogens with zero attached hydrogens (tertiary/aromatic N) is 3. The van der Waals surface area contributed by atoms with Gasteiger partial charge in [-0.15, -0.1) is 0 Å². The third-order valence-corrected chi connectivity index (χ3v) is 3.19. The lowest BCUT2D eigenvalue weighted by Crippen LogP contribution is -2.21.